The number of thiazole rings is 1. The molecule has 7 N–H and O–H groups in total. The van der Waals surface area contributed by atoms with E-state index < -0.39 is 70.7 Å². The van der Waals surface area contributed by atoms with E-state index in [0.717, 1.165) is 11.3 Å². The Labute approximate surface area is 258 Å². The fourth-order valence-corrected chi connectivity index (χ4v) is 3.89. The highest BCUT2D eigenvalue weighted by Crippen LogP contribution is 2.20. The Hall–Kier alpha value is -4.03. The molecule has 1 aliphatic heterocycles. The number of carboxylic acids is 1. The van der Waals surface area contributed by atoms with Gasteiger partial charge in [0.2, 0.25) is 11.5 Å². The van der Waals surface area contributed by atoms with E-state index in [-0.39, 0.29) is 30.5 Å². The van der Waals surface area contributed by atoms with Gasteiger partial charge in [-0.25, -0.2) is 19.4 Å². The molecule has 246 valence electrons. The van der Waals surface area contributed by atoms with Crippen LogP contribution in [0.25, 0.3) is 0 Å². The molecule has 1 aliphatic rings. The lowest BCUT2D eigenvalue weighted by atomic mass is 9.98. The number of aliphatic carboxylic acids is 1. The van der Waals surface area contributed by atoms with Crippen LogP contribution in [0.4, 0.5) is 14.7 Å². The van der Waals surface area contributed by atoms with E-state index in [1.807, 2.05) is 0 Å². The van der Waals surface area contributed by atoms with E-state index in [9.17, 15) is 34.2 Å². The van der Waals surface area contributed by atoms with E-state index in [1.165, 1.54) is 19.2 Å². The Balaban J connectivity index is 2.05. The monoisotopic (exact) mass is 643 g/mol. The van der Waals surface area contributed by atoms with Crippen LogP contribution in [-0.4, -0.2) is 106 Å². The molecule has 17 nitrogen and oxygen atoms in total. The van der Waals surface area contributed by atoms with Crippen molar-refractivity contribution in [1.29, 1.82) is 0 Å². The summed E-state index contributed by atoms with van der Waals surface area (Å²) in [5.41, 5.74) is -3.76. The number of carboxylic acid groups (broad SMARTS) is 1. The quantitative estimate of drug-likeness (QED) is 0.0885. The van der Waals surface area contributed by atoms with Crippen molar-refractivity contribution in [2.24, 2.45) is 5.16 Å². The molecule has 1 unspecified atom stereocenters. The van der Waals surface area contributed by atoms with Gasteiger partial charge in [0.1, 0.15) is 22.9 Å². The van der Waals surface area contributed by atoms with Crippen LogP contribution in [-0.2, 0) is 28.7 Å². The Morgan fingerprint density at radius 1 is 1.05 bits per heavy atom. The summed E-state index contributed by atoms with van der Waals surface area (Å²) in [4.78, 5) is 70.2. The predicted octanol–water partition coefficient (Wildman–Crippen LogP) is 0.532. The number of anilines is 1. The van der Waals surface area contributed by atoms with Gasteiger partial charge in [-0.2, -0.15) is 0 Å². The summed E-state index contributed by atoms with van der Waals surface area (Å²) in [6.45, 7) is 12.8. The molecule has 2 heterocycles. The van der Waals surface area contributed by atoms with Crippen molar-refractivity contribution >= 4 is 52.2 Å². The second kappa shape index (κ2) is 14.6. The molecule has 18 heteroatoms. The fraction of sp³-hybridized carbons (Fsp3) is 0.654. The number of ether oxygens (including phenoxy) is 2. The van der Waals surface area contributed by atoms with E-state index >= 15 is 0 Å². The smallest absolute Gasteiger partial charge is 0.413 e. The van der Waals surface area contributed by atoms with Crippen LogP contribution in [0, 0.1) is 0 Å². The number of β-lactam (4-membered cyclic amide) rings is 1. The lowest BCUT2D eigenvalue weighted by Gasteiger charge is -2.37. The average Bonchev–Trinajstić information content (AvgIpc) is 3.31. The van der Waals surface area contributed by atoms with Crippen LogP contribution >= 0.6 is 11.3 Å². The SMILES string of the molecule is CC(C)(C)OC(=O)NCC(O)CNC[C@H]1NC(=O)[C@H]1NC(=O)C(=NOC(C)(C)C(=O)O)c1csc(NC(=O)OC(C)(C)C)n1. The number of carbonyl (C=O) groups excluding carboxylic acids is 4. The summed E-state index contributed by atoms with van der Waals surface area (Å²) < 4.78 is 10.3. The zero-order valence-electron chi connectivity index (χ0n) is 25.9. The van der Waals surface area contributed by atoms with Crippen molar-refractivity contribution in [1.82, 2.24) is 26.3 Å². The summed E-state index contributed by atoms with van der Waals surface area (Å²) in [5, 5.41) is 37.7. The number of hydrogen-bond acceptors (Lipinski definition) is 13. The molecular weight excluding hydrogens is 602 g/mol. The highest BCUT2D eigenvalue weighted by Gasteiger charge is 2.41. The second-order valence-electron chi connectivity index (χ2n) is 12.3. The summed E-state index contributed by atoms with van der Waals surface area (Å²) in [6.07, 6.45) is -2.42. The van der Waals surface area contributed by atoms with Crippen molar-refractivity contribution in [3.63, 3.8) is 0 Å². The zero-order chi connectivity index (χ0) is 33.5. The molecule has 2 rings (SSSR count). The molecule has 0 spiro atoms. The molecule has 44 heavy (non-hydrogen) atoms. The van der Waals surface area contributed by atoms with Gasteiger partial charge in [0.15, 0.2) is 10.8 Å². The largest absolute Gasteiger partial charge is 0.478 e. The number of nitrogens with one attached hydrogen (secondary N) is 5. The van der Waals surface area contributed by atoms with Crippen LogP contribution in [0.15, 0.2) is 10.5 Å². The van der Waals surface area contributed by atoms with Crippen LogP contribution in [0.5, 0.6) is 0 Å². The van der Waals surface area contributed by atoms with Gasteiger partial charge in [-0.15, -0.1) is 11.3 Å². The molecular formula is C26H41N7O10S. The first-order chi connectivity index (χ1) is 20.2. The Bertz CT molecular complexity index is 1250. The number of amides is 4. The standard InChI is InChI=1S/C26H41N7O10S/c1-24(2,3)41-22(39)28-10-13(34)9-27-11-14-16(18(35)29-14)31-19(36)17(33-43-26(7,8)20(37)38)15-12-44-21(30-15)32-23(40)42-25(4,5)6/h12-14,16,27,34H,9-11H2,1-8H3,(H,28,39)(H,29,35)(H,31,36)(H,37,38)(H,30,32,40)/t13?,14-,16+/m1/s1. The first-order valence-corrected chi connectivity index (χ1v) is 14.5. The van der Waals surface area contributed by atoms with Crippen LogP contribution < -0.4 is 26.6 Å². The van der Waals surface area contributed by atoms with E-state index in [4.69, 9.17) is 14.3 Å². The number of nitrogens with zero attached hydrogens (tertiary/aromatic N) is 2. The Morgan fingerprint density at radius 2 is 1.66 bits per heavy atom. The third-order valence-corrected chi connectivity index (χ3v) is 6.13. The molecule has 0 aromatic carbocycles. The lowest BCUT2D eigenvalue weighted by Crippen LogP contribution is -2.72. The van der Waals surface area contributed by atoms with Gasteiger partial charge in [0, 0.05) is 25.0 Å². The maximum atomic E-state index is 13.3. The number of rotatable bonds is 13. The van der Waals surface area contributed by atoms with Crippen LogP contribution in [0.3, 0.4) is 0 Å². The second-order valence-corrected chi connectivity index (χ2v) is 13.1. The Kier molecular flexibility index (Phi) is 12.0. The summed E-state index contributed by atoms with van der Waals surface area (Å²) in [6, 6.07) is -1.59. The van der Waals surface area contributed by atoms with Gasteiger partial charge in [-0.3, -0.25) is 14.9 Å². The topological polar surface area (TPSA) is 239 Å². The molecule has 0 bridgehead atoms. The minimum atomic E-state index is -1.81. The molecule has 1 saturated heterocycles. The minimum absolute atomic E-state index is 0.0555. The highest BCUT2D eigenvalue weighted by molar-refractivity contribution is 7.14. The molecule has 4 amide bonds. The van der Waals surface area contributed by atoms with Gasteiger partial charge in [-0.1, -0.05) is 5.16 Å². The summed E-state index contributed by atoms with van der Waals surface area (Å²) in [5.74, 6) is -2.74. The number of hydrogen-bond donors (Lipinski definition) is 7. The van der Waals surface area contributed by atoms with Gasteiger partial charge in [0.25, 0.3) is 5.91 Å². The van der Waals surface area contributed by atoms with Crippen LogP contribution in [0.2, 0.25) is 0 Å². The number of oxime groups is 1. The van der Waals surface area contributed by atoms with Crippen molar-refractivity contribution in [2.75, 3.05) is 25.0 Å². The molecule has 0 radical (unpaired) electrons. The first kappa shape index (κ1) is 36.2. The molecule has 1 aromatic heterocycles. The van der Waals surface area contributed by atoms with Gasteiger partial charge >= 0.3 is 18.2 Å². The minimum Gasteiger partial charge on any atom is -0.478 e. The molecule has 1 aromatic rings. The van der Waals surface area contributed by atoms with Crippen LogP contribution in [0.1, 0.15) is 61.1 Å². The summed E-state index contributed by atoms with van der Waals surface area (Å²) in [7, 11) is 0. The average molecular weight is 644 g/mol. The molecule has 0 aliphatic carbocycles. The number of aliphatic hydroxyl groups is 1. The maximum absolute atomic E-state index is 13.3. The predicted molar refractivity (Wildman–Crippen MR) is 158 cm³/mol. The number of aliphatic hydroxyl groups excluding tert-OH is 1. The summed E-state index contributed by atoms with van der Waals surface area (Å²) >= 11 is 0.948. The Morgan fingerprint density at radius 3 is 2.23 bits per heavy atom. The number of carbonyl (C=O) groups is 5. The van der Waals surface area contributed by atoms with Gasteiger partial charge in [0.05, 0.1) is 12.1 Å². The zero-order valence-corrected chi connectivity index (χ0v) is 26.7. The third kappa shape index (κ3) is 11.9. The van der Waals surface area contributed by atoms with Crippen molar-refractivity contribution < 1.29 is 48.5 Å². The van der Waals surface area contributed by atoms with Crippen molar-refractivity contribution in [2.45, 2.75) is 90.4 Å². The number of alkyl carbamates (subject to hydrolysis) is 1. The number of aromatic nitrogens is 1. The highest BCUT2D eigenvalue weighted by atomic mass is 32.1. The molecule has 0 saturated carbocycles. The van der Waals surface area contributed by atoms with E-state index in [0.29, 0.717) is 0 Å². The van der Waals surface area contributed by atoms with Crippen molar-refractivity contribution in [3.8, 4) is 0 Å². The third-order valence-electron chi connectivity index (χ3n) is 5.37. The molecule has 1 fully saturated rings. The molecule has 3 atom stereocenters. The van der Waals surface area contributed by atoms with Crippen molar-refractivity contribution in [3.05, 3.63) is 11.1 Å². The van der Waals surface area contributed by atoms with E-state index in [1.54, 1.807) is 41.5 Å². The first-order valence-electron chi connectivity index (χ1n) is 13.6. The maximum Gasteiger partial charge on any atom is 0.413 e. The fourth-order valence-electron chi connectivity index (χ4n) is 3.21. The van der Waals surface area contributed by atoms with Gasteiger partial charge in [-0.05, 0) is 55.4 Å². The van der Waals surface area contributed by atoms with E-state index in [2.05, 4.69) is 36.7 Å². The normalized spacial score (nSPS) is 17.8. The van der Waals surface area contributed by atoms with Gasteiger partial charge < -0.3 is 45.8 Å². The lowest BCUT2D eigenvalue weighted by molar-refractivity contribution is -0.161.